The predicted octanol–water partition coefficient (Wildman–Crippen LogP) is 2.34. The van der Waals surface area contributed by atoms with Crippen LogP contribution in [0.3, 0.4) is 0 Å². The fourth-order valence-electron chi connectivity index (χ4n) is 1.97. The van der Waals surface area contributed by atoms with E-state index in [1.165, 1.54) is 32.4 Å². The first-order valence-corrected chi connectivity index (χ1v) is 8.04. The van der Waals surface area contributed by atoms with Crippen LogP contribution in [-0.4, -0.2) is 33.7 Å². The Balaban J connectivity index is 2.44. The van der Waals surface area contributed by atoms with Gasteiger partial charge in [0.2, 0.25) is 0 Å². The van der Waals surface area contributed by atoms with Gasteiger partial charge >= 0.3 is 5.97 Å². The second-order valence-electron chi connectivity index (χ2n) is 4.62. The zero-order valence-corrected chi connectivity index (χ0v) is 13.6. The number of methoxy groups -OCH3 is 2. The van der Waals surface area contributed by atoms with Crippen LogP contribution in [-0.2, 0) is 10.0 Å². The Morgan fingerprint density at radius 3 is 2.33 bits per heavy atom. The maximum Gasteiger partial charge on any atom is 0.337 e. The summed E-state index contributed by atoms with van der Waals surface area (Å²) >= 11 is 0. The van der Waals surface area contributed by atoms with Crippen LogP contribution < -0.4 is 14.2 Å². The van der Waals surface area contributed by atoms with Crippen LogP contribution >= 0.6 is 0 Å². The first-order chi connectivity index (χ1) is 11.3. The normalized spacial score (nSPS) is 11.0. The van der Waals surface area contributed by atoms with Gasteiger partial charge in [0, 0.05) is 6.07 Å². The Kier molecular flexibility index (Phi) is 4.93. The molecule has 0 atom stereocenters. The molecule has 24 heavy (non-hydrogen) atoms. The van der Waals surface area contributed by atoms with E-state index in [0.717, 1.165) is 18.2 Å². The molecule has 0 saturated carbocycles. The monoisotopic (exact) mass is 355 g/mol. The van der Waals surface area contributed by atoms with Crippen molar-refractivity contribution in [1.82, 2.24) is 0 Å². The molecule has 0 aliphatic rings. The maximum absolute atomic E-state index is 13.2. The molecule has 7 nitrogen and oxygen atoms in total. The molecular weight excluding hydrogens is 341 g/mol. The number of hydrogen-bond acceptors (Lipinski definition) is 5. The molecule has 0 amide bonds. The summed E-state index contributed by atoms with van der Waals surface area (Å²) in [5, 5.41) is 9.07. The van der Waals surface area contributed by atoms with Gasteiger partial charge < -0.3 is 14.6 Å². The molecule has 9 heteroatoms. The Morgan fingerprint density at radius 2 is 1.75 bits per heavy atom. The van der Waals surface area contributed by atoms with Gasteiger partial charge in [-0.3, -0.25) is 4.72 Å². The molecule has 0 aromatic heterocycles. The minimum atomic E-state index is -4.11. The van der Waals surface area contributed by atoms with Crippen LogP contribution in [0.25, 0.3) is 0 Å². The maximum atomic E-state index is 13.2. The van der Waals surface area contributed by atoms with Crippen LogP contribution in [0.4, 0.5) is 10.1 Å². The summed E-state index contributed by atoms with van der Waals surface area (Å²) < 4.78 is 50.2. The second kappa shape index (κ2) is 6.75. The van der Waals surface area contributed by atoms with Gasteiger partial charge in [0.05, 0.1) is 30.4 Å². The molecule has 0 saturated heterocycles. The van der Waals surface area contributed by atoms with E-state index in [2.05, 4.69) is 4.72 Å². The third-order valence-corrected chi connectivity index (χ3v) is 4.48. The van der Waals surface area contributed by atoms with Crippen molar-refractivity contribution in [2.75, 3.05) is 18.9 Å². The number of benzene rings is 2. The molecule has 0 fully saturated rings. The van der Waals surface area contributed by atoms with E-state index >= 15 is 0 Å². The Morgan fingerprint density at radius 1 is 1.08 bits per heavy atom. The van der Waals surface area contributed by atoms with E-state index in [-0.39, 0.29) is 16.3 Å². The highest BCUT2D eigenvalue weighted by atomic mass is 32.2. The standard InChI is InChI=1S/C15H14FNO6S/c1-22-13-6-4-10(8-14(13)23-2)24(20,21)17-12-5-3-9(16)7-11(12)15(18)19/h3-8,17H,1-2H3,(H,18,19). The minimum absolute atomic E-state index is 0.166. The molecule has 0 aliphatic heterocycles. The molecule has 2 rings (SSSR count). The molecule has 0 aliphatic carbocycles. The van der Waals surface area contributed by atoms with Crippen LogP contribution in [0.5, 0.6) is 11.5 Å². The molecule has 2 N–H and O–H groups in total. The zero-order valence-electron chi connectivity index (χ0n) is 12.7. The van der Waals surface area contributed by atoms with Gasteiger partial charge in [-0.2, -0.15) is 0 Å². The lowest BCUT2D eigenvalue weighted by Crippen LogP contribution is -2.16. The zero-order chi connectivity index (χ0) is 17.9. The van der Waals surface area contributed by atoms with Gasteiger partial charge in [-0.15, -0.1) is 0 Å². The van der Waals surface area contributed by atoms with E-state index in [1.54, 1.807) is 0 Å². The summed E-state index contributed by atoms with van der Waals surface area (Å²) in [6, 6.07) is 6.62. The van der Waals surface area contributed by atoms with Crippen LogP contribution in [0, 0.1) is 5.82 Å². The van der Waals surface area contributed by atoms with E-state index in [4.69, 9.17) is 14.6 Å². The van der Waals surface area contributed by atoms with Gasteiger partial charge in [0.25, 0.3) is 10.0 Å². The molecule has 0 radical (unpaired) electrons. The Labute approximate surface area is 137 Å². The van der Waals surface area contributed by atoms with Crippen molar-refractivity contribution < 1.29 is 32.2 Å². The number of ether oxygens (including phenoxy) is 2. The van der Waals surface area contributed by atoms with E-state index in [1.807, 2.05) is 0 Å². The molecule has 0 spiro atoms. The third kappa shape index (κ3) is 3.57. The smallest absolute Gasteiger partial charge is 0.337 e. The number of anilines is 1. The fourth-order valence-corrected chi connectivity index (χ4v) is 3.06. The molecule has 0 heterocycles. The fraction of sp³-hybridized carbons (Fsp3) is 0.133. The van der Waals surface area contributed by atoms with Crippen LogP contribution in [0.1, 0.15) is 10.4 Å². The average molecular weight is 355 g/mol. The lowest BCUT2D eigenvalue weighted by Gasteiger charge is -2.13. The van der Waals surface area contributed by atoms with Crippen molar-refractivity contribution >= 4 is 21.7 Å². The second-order valence-corrected chi connectivity index (χ2v) is 6.30. The Hall–Kier alpha value is -2.81. The van der Waals surface area contributed by atoms with Gasteiger partial charge in [0.15, 0.2) is 11.5 Å². The van der Waals surface area contributed by atoms with Crippen molar-refractivity contribution in [3.63, 3.8) is 0 Å². The van der Waals surface area contributed by atoms with Crippen molar-refractivity contribution in [3.8, 4) is 11.5 Å². The first-order valence-electron chi connectivity index (χ1n) is 6.56. The topological polar surface area (TPSA) is 102 Å². The number of carbonyl (C=O) groups is 1. The summed E-state index contributed by atoms with van der Waals surface area (Å²) in [4.78, 5) is 11.0. The lowest BCUT2D eigenvalue weighted by molar-refractivity contribution is 0.0697. The van der Waals surface area contributed by atoms with Crippen molar-refractivity contribution in [3.05, 3.63) is 47.8 Å². The van der Waals surface area contributed by atoms with E-state index in [0.29, 0.717) is 5.75 Å². The number of carboxylic acids is 1. The van der Waals surface area contributed by atoms with Crippen LogP contribution in [0.2, 0.25) is 0 Å². The number of halogens is 1. The Bertz CT molecular complexity index is 882. The summed E-state index contributed by atoms with van der Waals surface area (Å²) in [5.74, 6) is -1.72. The number of nitrogens with one attached hydrogen (secondary N) is 1. The highest BCUT2D eigenvalue weighted by molar-refractivity contribution is 7.92. The summed E-state index contributed by atoms with van der Waals surface area (Å²) in [7, 11) is -1.36. The molecule has 2 aromatic rings. The summed E-state index contributed by atoms with van der Waals surface area (Å²) in [5.41, 5.74) is -0.752. The third-order valence-electron chi connectivity index (χ3n) is 3.12. The highest BCUT2D eigenvalue weighted by Gasteiger charge is 2.20. The molecule has 2 aromatic carbocycles. The van der Waals surface area contributed by atoms with Gasteiger partial charge in [-0.05, 0) is 30.3 Å². The summed E-state index contributed by atoms with van der Waals surface area (Å²) in [6.07, 6.45) is 0. The highest BCUT2D eigenvalue weighted by Crippen LogP contribution is 2.30. The van der Waals surface area contributed by atoms with Crippen molar-refractivity contribution in [2.24, 2.45) is 0 Å². The summed E-state index contributed by atoms with van der Waals surface area (Å²) in [6.45, 7) is 0. The quantitative estimate of drug-likeness (QED) is 0.825. The molecule has 0 bridgehead atoms. The number of sulfonamides is 1. The van der Waals surface area contributed by atoms with E-state index < -0.39 is 27.4 Å². The first kappa shape index (κ1) is 17.5. The number of aromatic carboxylic acids is 1. The molecule has 128 valence electrons. The number of rotatable bonds is 6. The largest absolute Gasteiger partial charge is 0.493 e. The van der Waals surface area contributed by atoms with Gasteiger partial charge in [-0.25, -0.2) is 17.6 Å². The van der Waals surface area contributed by atoms with Crippen molar-refractivity contribution in [1.29, 1.82) is 0 Å². The van der Waals surface area contributed by atoms with Gasteiger partial charge in [-0.1, -0.05) is 0 Å². The van der Waals surface area contributed by atoms with Crippen molar-refractivity contribution in [2.45, 2.75) is 4.90 Å². The number of carboxylic acid groups (broad SMARTS) is 1. The molecule has 0 unspecified atom stereocenters. The lowest BCUT2D eigenvalue weighted by atomic mass is 10.2. The van der Waals surface area contributed by atoms with E-state index in [9.17, 15) is 17.6 Å². The van der Waals surface area contributed by atoms with Gasteiger partial charge in [0.1, 0.15) is 5.82 Å². The minimum Gasteiger partial charge on any atom is -0.493 e. The predicted molar refractivity (Wildman–Crippen MR) is 83.7 cm³/mol. The SMILES string of the molecule is COc1ccc(S(=O)(=O)Nc2ccc(F)cc2C(=O)O)cc1OC. The van der Waals surface area contributed by atoms with Crippen LogP contribution in [0.15, 0.2) is 41.3 Å². The average Bonchev–Trinajstić information content (AvgIpc) is 2.55. The number of hydrogen-bond donors (Lipinski definition) is 2. The molecular formula is C15H14FNO6S.